The standard InChI is InChI=1S/C25H32O2/c1-4-18(2)17-25(3,22-11-15-24(27)16-12-22)21-9-5-19(6-10-21)20-7-13-23(26)14-8-20/h5,7-8,11-16,18,21,26-27H,4,6,9-10,17H2,1-3H3. The third-order valence-electron chi connectivity index (χ3n) is 6.55. The molecule has 1 aliphatic rings. The van der Waals surface area contributed by atoms with Gasteiger partial charge in [-0.05, 0) is 83.9 Å². The number of hydrogen-bond donors (Lipinski definition) is 2. The Morgan fingerprint density at radius 1 is 1.00 bits per heavy atom. The molecule has 0 saturated heterocycles. The van der Waals surface area contributed by atoms with Crippen LogP contribution in [0.15, 0.2) is 54.6 Å². The summed E-state index contributed by atoms with van der Waals surface area (Å²) in [4.78, 5) is 0. The van der Waals surface area contributed by atoms with Crippen LogP contribution in [0.2, 0.25) is 0 Å². The number of phenolic OH excluding ortho intramolecular Hbond substituents is 2. The highest BCUT2D eigenvalue weighted by Crippen LogP contribution is 2.46. The van der Waals surface area contributed by atoms with Gasteiger partial charge in [-0.1, -0.05) is 57.5 Å². The van der Waals surface area contributed by atoms with Crippen LogP contribution in [0.4, 0.5) is 0 Å². The minimum atomic E-state index is 0.111. The minimum Gasteiger partial charge on any atom is -0.508 e. The van der Waals surface area contributed by atoms with Crippen LogP contribution in [0.1, 0.15) is 64.0 Å². The van der Waals surface area contributed by atoms with Crippen LogP contribution < -0.4 is 0 Å². The quantitative estimate of drug-likeness (QED) is 0.600. The van der Waals surface area contributed by atoms with E-state index in [9.17, 15) is 10.2 Å². The maximum Gasteiger partial charge on any atom is 0.115 e. The molecule has 2 nitrogen and oxygen atoms in total. The van der Waals surface area contributed by atoms with Gasteiger partial charge in [0.1, 0.15) is 11.5 Å². The smallest absolute Gasteiger partial charge is 0.115 e. The van der Waals surface area contributed by atoms with Crippen molar-refractivity contribution in [3.05, 3.63) is 65.7 Å². The minimum absolute atomic E-state index is 0.111. The molecule has 0 aliphatic heterocycles. The van der Waals surface area contributed by atoms with Crippen molar-refractivity contribution >= 4 is 5.57 Å². The van der Waals surface area contributed by atoms with Gasteiger partial charge in [-0.2, -0.15) is 0 Å². The monoisotopic (exact) mass is 364 g/mol. The Balaban J connectivity index is 1.85. The van der Waals surface area contributed by atoms with Gasteiger partial charge in [-0.25, -0.2) is 0 Å². The van der Waals surface area contributed by atoms with Crippen molar-refractivity contribution in [1.29, 1.82) is 0 Å². The molecule has 0 fully saturated rings. The fourth-order valence-corrected chi connectivity index (χ4v) is 4.58. The second kappa shape index (κ2) is 8.21. The van der Waals surface area contributed by atoms with Gasteiger partial charge >= 0.3 is 0 Å². The lowest BCUT2D eigenvalue weighted by molar-refractivity contribution is 0.220. The van der Waals surface area contributed by atoms with Gasteiger partial charge in [0, 0.05) is 0 Å². The van der Waals surface area contributed by atoms with Crippen molar-refractivity contribution in [3.63, 3.8) is 0 Å². The van der Waals surface area contributed by atoms with Gasteiger partial charge in [-0.15, -0.1) is 0 Å². The van der Waals surface area contributed by atoms with Crippen LogP contribution in [-0.2, 0) is 5.41 Å². The van der Waals surface area contributed by atoms with Crippen molar-refractivity contribution < 1.29 is 10.2 Å². The third kappa shape index (κ3) is 4.37. The fourth-order valence-electron chi connectivity index (χ4n) is 4.58. The van der Waals surface area contributed by atoms with E-state index in [1.165, 1.54) is 36.0 Å². The highest BCUT2D eigenvalue weighted by atomic mass is 16.3. The number of phenols is 2. The zero-order valence-electron chi connectivity index (χ0n) is 16.8. The molecule has 0 heterocycles. The first-order chi connectivity index (χ1) is 12.9. The second-order valence-corrected chi connectivity index (χ2v) is 8.43. The third-order valence-corrected chi connectivity index (χ3v) is 6.55. The topological polar surface area (TPSA) is 40.5 Å². The van der Waals surface area contributed by atoms with E-state index in [1.54, 1.807) is 12.1 Å². The van der Waals surface area contributed by atoms with Crippen LogP contribution in [0.25, 0.3) is 5.57 Å². The summed E-state index contributed by atoms with van der Waals surface area (Å²) in [5.41, 5.74) is 4.06. The van der Waals surface area contributed by atoms with Gasteiger partial charge < -0.3 is 10.2 Å². The lowest BCUT2D eigenvalue weighted by Gasteiger charge is -2.42. The molecule has 3 atom stereocenters. The molecule has 144 valence electrons. The predicted octanol–water partition coefficient (Wildman–Crippen LogP) is 6.68. The molecule has 2 aromatic rings. The molecule has 0 saturated carbocycles. The summed E-state index contributed by atoms with van der Waals surface area (Å²) >= 11 is 0. The Labute approximate surface area is 163 Å². The van der Waals surface area contributed by atoms with Gasteiger partial charge in [0.2, 0.25) is 0 Å². The molecule has 0 aromatic heterocycles. The van der Waals surface area contributed by atoms with E-state index in [2.05, 4.69) is 39.0 Å². The van der Waals surface area contributed by atoms with Crippen LogP contribution in [0.3, 0.4) is 0 Å². The van der Waals surface area contributed by atoms with Crippen LogP contribution in [0, 0.1) is 11.8 Å². The predicted molar refractivity (Wildman–Crippen MR) is 113 cm³/mol. The molecule has 3 unspecified atom stereocenters. The summed E-state index contributed by atoms with van der Waals surface area (Å²) in [6, 6.07) is 15.4. The maximum atomic E-state index is 9.71. The maximum absolute atomic E-state index is 9.71. The zero-order chi connectivity index (χ0) is 19.4. The average Bonchev–Trinajstić information content (AvgIpc) is 2.69. The fraction of sp³-hybridized carbons (Fsp3) is 0.440. The van der Waals surface area contributed by atoms with Crippen molar-refractivity contribution in [2.45, 2.75) is 58.3 Å². The lowest BCUT2D eigenvalue weighted by atomic mass is 9.62. The SMILES string of the molecule is CCC(C)CC(C)(c1ccc(O)cc1)C1CC=C(c2ccc(O)cc2)CC1. The molecular formula is C25H32O2. The molecule has 0 spiro atoms. The summed E-state index contributed by atoms with van der Waals surface area (Å²) in [5.74, 6) is 1.92. The Kier molecular flexibility index (Phi) is 5.94. The highest BCUT2D eigenvalue weighted by molar-refractivity contribution is 5.66. The molecule has 2 heteroatoms. The summed E-state index contributed by atoms with van der Waals surface area (Å²) < 4.78 is 0. The first-order valence-electron chi connectivity index (χ1n) is 10.2. The molecule has 1 aliphatic carbocycles. The normalized spacial score (nSPS) is 20.6. The van der Waals surface area contributed by atoms with E-state index in [0.717, 1.165) is 12.8 Å². The summed E-state index contributed by atoms with van der Waals surface area (Å²) in [7, 11) is 0. The zero-order valence-corrected chi connectivity index (χ0v) is 16.8. The van der Waals surface area contributed by atoms with E-state index in [4.69, 9.17) is 0 Å². The van der Waals surface area contributed by atoms with E-state index in [0.29, 0.717) is 23.3 Å². The van der Waals surface area contributed by atoms with Crippen molar-refractivity contribution in [2.75, 3.05) is 0 Å². The van der Waals surface area contributed by atoms with E-state index in [1.807, 2.05) is 24.3 Å². The van der Waals surface area contributed by atoms with Crippen molar-refractivity contribution in [1.82, 2.24) is 0 Å². The summed E-state index contributed by atoms with van der Waals surface area (Å²) in [6.45, 7) is 7.03. The van der Waals surface area contributed by atoms with Crippen LogP contribution >= 0.6 is 0 Å². The van der Waals surface area contributed by atoms with E-state index < -0.39 is 0 Å². The molecular weight excluding hydrogens is 332 g/mol. The second-order valence-electron chi connectivity index (χ2n) is 8.43. The van der Waals surface area contributed by atoms with Gasteiger partial charge in [0.15, 0.2) is 0 Å². The lowest BCUT2D eigenvalue weighted by Crippen LogP contribution is -2.35. The van der Waals surface area contributed by atoms with Crippen molar-refractivity contribution in [3.8, 4) is 11.5 Å². The van der Waals surface area contributed by atoms with E-state index in [-0.39, 0.29) is 5.41 Å². The number of hydrogen-bond acceptors (Lipinski definition) is 2. The Morgan fingerprint density at radius 2 is 1.59 bits per heavy atom. The van der Waals surface area contributed by atoms with Crippen molar-refractivity contribution in [2.24, 2.45) is 11.8 Å². The first kappa shape index (κ1) is 19.5. The first-order valence-corrected chi connectivity index (χ1v) is 10.2. The summed E-state index contributed by atoms with van der Waals surface area (Å²) in [6.07, 6.45) is 8.07. The molecule has 3 rings (SSSR count). The highest BCUT2D eigenvalue weighted by Gasteiger charge is 2.37. The van der Waals surface area contributed by atoms with Gasteiger partial charge in [0.05, 0.1) is 0 Å². The van der Waals surface area contributed by atoms with E-state index >= 15 is 0 Å². The van der Waals surface area contributed by atoms with Gasteiger partial charge in [0.25, 0.3) is 0 Å². The number of allylic oxidation sites excluding steroid dienone is 2. The molecule has 2 aromatic carbocycles. The molecule has 0 bridgehead atoms. The summed E-state index contributed by atoms with van der Waals surface area (Å²) in [5, 5.41) is 19.2. The Hall–Kier alpha value is -2.22. The Bertz CT molecular complexity index is 773. The molecule has 2 N–H and O–H groups in total. The average molecular weight is 365 g/mol. The van der Waals surface area contributed by atoms with Crippen LogP contribution in [-0.4, -0.2) is 10.2 Å². The molecule has 0 amide bonds. The number of aromatic hydroxyl groups is 2. The molecule has 0 radical (unpaired) electrons. The van der Waals surface area contributed by atoms with Gasteiger partial charge in [-0.3, -0.25) is 0 Å². The largest absolute Gasteiger partial charge is 0.508 e. The van der Waals surface area contributed by atoms with Crippen LogP contribution in [0.5, 0.6) is 11.5 Å². The number of rotatable bonds is 6. The Morgan fingerprint density at radius 3 is 2.11 bits per heavy atom. The number of benzene rings is 2. The molecule has 27 heavy (non-hydrogen) atoms.